The molecule has 0 spiro atoms. The molecule has 0 aromatic carbocycles. The van der Waals surface area contributed by atoms with Crippen LogP contribution < -0.4 is 10.6 Å². The molecule has 4 heterocycles. The highest BCUT2D eigenvalue weighted by molar-refractivity contribution is 7.12. The number of carbonyl (C=O) groups is 2. The van der Waals surface area contributed by atoms with Gasteiger partial charge in [-0.05, 0) is 43.4 Å². The molecule has 7 nitrogen and oxygen atoms in total. The van der Waals surface area contributed by atoms with E-state index in [1.165, 1.54) is 22.0 Å². The summed E-state index contributed by atoms with van der Waals surface area (Å²) in [6, 6.07) is 5.30. The molecule has 2 N–H and O–H groups in total. The number of fused-ring (bicyclic) bond motifs is 1. The zero-order valence-electron chi connectivity index (χ0n) is 13.4. The fourth-order valence-electron chi connectivity index (χ4n) is 3.00. The monoisotopic (exact) mass is 355 g/mol. The van der Waals surface area contributed by atoms with Crippen LogP contribution >= 0.6 is 11.3 Å². The fraction of sp³-hybridized carbons (Fsp3) is 0.294. The molecule has 0 saturated carbocycles. The van der Waals surface area contributed by atoms with Gasteiger partial charge >= 0.3 is 0 Å². The lowest BCUT2D eigenvalue weighted by Gasteiger charge is -2.21. The van der Waals surface area contributed by atoms with Crippen LogP contribution in [0.25, 0.3) is 5.65 Å². The minimum atomic E-state index is -0.112. The van der Waals surface area contributed by atoms with Crippen LogP contribution in [-0.4, -0.2) is 39.4 Å². The highest BCUT2D eigenvalue weighted by Crippen LogP contribution is 2.21. The molecule has 1 aliphatic heterocycles. The average molecular weight is 355 g/mol. The number of amides is 1. The summed E-state index contributed by atoms with van der Waals surface area (Å²) < 4.78 is 1.51. The van der Waals surface area contributed by atoms with Crippen molar-refractivity contribution in [2.45, 2.75) is 12.8 Å². The van der Waals surface area contributed by atoms with Gasteiger partial charge in [0, 0.05) is 12.1 Å². The van der Waals surface area contributed by atoms with Gasteiger partial charge in [0.05, 0.1) is 16.6 Å². The van der Waals surface area contributed by atoms with Crippen molar-refractivity contribution in [3.05, 3.63) is 46.4 Å². The molecule has 0 aliphatic carbocycles. The van der Waals surface area contributed by atoms with Crippen molar-refractivity contribution in [2.75, 3.05) is 18.4 Å². The van der Waals surface area contributed by atoms with E-state index in [1.54, 1.807) is 18.3 Å². The number of carbonyl (C=O) groups excluding carboxylic acids is 2. The molecular formula is C17H17N5O2S. The van der Waals surface area contributed by atoms with Gasteiger partial charge in [0.2, 0.25) is 11.7 Å². The molecule has 0 radical (unpaired) electrons. The maximum absolute atomic E-state index is 12.6. The Bertz CT molecular complexity index is 912. The van der Waals surface area contributed by atoms with E-state index in [-0.39, 0.29) is 17.6 Å². The van der Waals surface area contributed by atoms with Crippen LogP contribution in [0.15, 0.2) is 36.0 Å². The highest BCUT2D eigenvalue weighted by atomic mass is 32.1. The van der Waals surface area contributed by atoms with Crippen LogP contribution in [0.3, 0.4) is 0 Å². The van der Waals surface area contributed by atoms with Crippen LogP contribution in [-0.2, 0) is 4.79 Å². The van der Waals surface area contributed by atoms with Crippen LogP contribution in [0.2, 0.25) is 0 Å². The molecule has 25 heavy (non-hydrogen) atoms. The quantitative estimate of drug-likeness (QED) is 0.699. The smallest absolute Gasteiger partial charge is 0.228 e. The van der Waals surface area contributed by atoms with Crippen molar-refractivity contribution < 1.29 is 9.59 Å². The van der Waals surface area contributed by atoms with E-state index in [1.807, 2.05) is 11.4 Å². The normalized spacial score (nSPS) is 15.4. The molecule has 0 unspecified atom stereocenters. The number of hydrogen-bond acceptors (Lipinski definition) is 6. The van der Waals surface area contributed by atoms with Crippen LogP contribution in [0, 0.1) is 5.92 Å². The molecule has 1 fully saturated rings. The zero-order valence-corrected chi connectivity index (χ0v) is 14.3. The zero-order chi connectivity index (χ0) is 17.2. The summed E-state index contributed by atoms with van der Waals surface area (Å²) >= 11 is 1.38. The Balaban J connectivity index is 1.63. The lowest BCUT2D eigenvalue weighted by atomic mass is 9.97. The van der Waals surface area contributed by atoms with Gasteiger partial charge in [0.15, 0.2) is 5.65 Å². The third-order valence-corrected chi connectivity index (χ3v) is 5.22. The number of nitrogens with one attached hydrogen (secondary N) is 2. The van der Waals surface area contributed by atoms with Crippen molar-refractivity contribution in [3.8, 4) is 0 Å². The van der Waals surface area contributed by atoms with Crippen LogP contribution in [0.1, 0.15) is 28.1 Å². The van der Waals surface area contributed by atoms with E-state index in [0.29, 0.717) is 21.9 Å². The fourth-order valence-corrected chi connectivity index (χ4v) is 3.68. The Morgan fingerprint density at radius 1 is 1.28 bits per heavy atom. The number of thiophene rings is 1. The average Bonchev–Trinajstić information content (AvgIpc) is 3.32. The molecule has 1 amide bonds. The Kier molecular flexibility index (Phi) is 4.29. The number of piperidine rings is 1. The second-order valence-corrected chi connectivity index (χ2v) is 6.89. The first kappa shape index (κ1) is 15.9. The minimum absolute atomic E-state index is 0.00718. The second kappa shape index (κ2) is 6.73. The van der Waals surface area contributed by atoms with Gasteiger partial charge in [-0.3, -0.25) is 9.59 Å². The molecule has 0 bridgehead atoms. The largest absolute Gasteiger partial charge is 0.317 e. The van der Waals surface area contributed by atoms with Gasteiger partial charge in [0.25, 0.3) is 0 Å². The molecule has 0 atom stereocenters. The van der Waals surface area contributed by atoms with Gasteiger partial charge in [-0.25, -0.2) is 4.98 Å². The van der Waals surface area contributed by atoms with E-state index in [4.69, 9.17) is 0 Å². The van der Waals surface area contributed by atoms with Crippen molar-refractivity contribution in [1.82, 2.24) is 19.9 Å². The number of nitrogens with zero attached hydrogens (tertiary/aromatic N) is 3. The van der Waals surface area contributed by atoms with E-state index in [0.717, 1.165) is 25.9 Å². The van der Waals surface area contributed by atoms with E-state index in [9.17, 15) is 9.59 Å². The molecular weight excluding hydrogens is 338 g/mol. The predicted octanol–water partition coefficient (Wildman–Crippen LogP) is 1.96. The molecule has 3 aromatic rings. The molecule has 1 saturated heterocycles. The Labute approximate surface area is 148 Å². The maximum Gasteiger partial charge on any atom is 0.228 e. The van der Waals surface area contributed by atoms with Gasteiger partial charge in [-0.2, -0.15) is 9.61 Å². The third-order valence-electron chi connectivity index (χ3n) is 4.35. The lowest BCUT2D eigenvalue weighted by molar-refractivity contribution is -0.120. The minimum Gasteiger partial charge on any atom is -0.317 e. The molecule has 1 aliphatic rings. The molecule has 8 heteroatoms. The predicted molar refractivity (Wildman–Crippen MR) is 95.0 cm³/mol. The number of rotatable bonds is 4. The first-order valence-electron chi connectivity index (χ1n) is 8.16. The third kappa shape index (κ3) is 3.06. The van der Waals surface area contributed by atoms with Crippen molar-refractivity contribution in [2.24, 2.45) is 5.92 Å². The summed E-state index contributed by atoms with van der Waals surface area (Å²) in [5.41, 5.74) is 0.877. The second-order valence-electron chi connectivity index (χ2n) is 5.94. The highest BCUT2D eigenvalue weighted by Gasteiger charge is 2.23. The van der Waals surface area contributed by atoms with Gasteiger partial charge < -0.3 is 10.6 Å². The van der Waals surface area contributed by atoms with Gasteiger partial charge in [-0.15, -0.1) is 11.3 Å². The Morgan fingerprint density at radius 2 is 2.12 bits per heavy atom. The summed E-state index contributed by atoms with van der Waals surface area (Å²) in [7, 11) is 0. The maximum atomic E-state index is 12.6. The first-order valence-corrected chi connectivity index (χ1v) is 9.04. The van der Waals surface area contributed by atoms with Gasteiger partial charge in [0.1, 0.15) is 5.82 Å². The summed E-state index contributed by atoms with van der Waals surface area (Å²) in [6.45, 7) is 1.70. The van der Waals surface area contributed by atoms with Crippen LogP contribution in [0.4, 0.5) is 5.82 Å². The number of ketones is 1. The SMILES string of the molecule is O=C(c1cccs1)c1cnn2c(NC(=O)C3CCNCC3)ccnc12. The lowest BCUT2D eigenvalue weighted by Crippen LogP contribution is -2.35. The van der Waals surface area contributed by atoms with Crippen molar-refractivity contribution >= 4 is 34.5 Å². The standard InChI is InChI=1S/C17H17N5O2S/c23-15(13-2-1-9-25-13)12-10-20-22-14(5-8-19-16(12)22)21-17(24)11-3-6-18-7-4-11/h1-2,5,8-11,18H,3-4,6-7H2,(H,21,24). The molecule has 3 aromatic heterocycles. The van der Waals surface area contributed by atoms with Crippen molar-refractivity contribution in [1.29, 1.82) is 0 Å². The Morgan fingerprint density at radius 3 is 2.88 bits per heavy atom. The van der Waals surface area contributed by atoms with E-state index >= 15 is 0 Å². The number of hydrogen-bond donors (Lipinski definition) is 2. The van der Waals surface area contributed by atoms with Crippen molar-refractivity contribution in [3.63, 3.8) is 0 Å². The van der Waals surface area contributed by atoms with E-state index < -0.39 is 0 Å². The Hall–Kier alpha value is -2.58. The van der Waals surface area contributed by atoms with Gasteiger partial charge in [-0.1, -0.05) is 6.07 Å². The molecule has 4 rings (SSSR count). The topological polar surface area (TPSA) is 88.4 Å². The molecule has 128 valence electrons. The number of anilines is 1. The van der Waals surface area contributed by atoms with Crippen LogP contribution in [0.5, 0.6) is 0 Å². The van der Waals surface area contributed by atoms with E-state index in [2.05, 4.69) is 20.7 Å². The summed E-state index contributed by atoms with van der Waals surface area (Å²) in [5, 5.41) is 12.3. The summed E-state index contributed by atoms with van der Waals surface area (Å²) in [4.78, 5) is 30.0. The number of aromatic nitrogens is 3. The first-order chi connectivity index (χ1) is 12.2. The summed E-state index contributed by atoms with van der Waals surface area (Å²) in [6.07, 6.45) is 4.73. The summed E-state index contributed by atoms with van der Waals surface area (Å²) in [5.74, 6) is 0.390.